The van der Waals surface area contributed by atoms with Crippen LogP contribution in [0.1, 0.15) is 51.4 Å². The lowest BCUT2D eigenvalue weighted by Gasteiger charge is -2.27. The Hall–Kier alpha value is -2.24. The highest BCUT2D eigenvalue weighted by molar-refractivity contribution is 7.96. The zero-order chi connectivity index (χ0) is 21.4. The van der Waals surface area contributed by atoms with Crippen LogP contribution in [0.25, 0.3) is 0 Å². The molecule has 160 valence electrons. The molecule has 0 radical (unpaired) electrons. The van der Waals surface area contributed by atoms with Gasteiger partial charge in [0, 0.05) is 6.42 Å². The molecule has 3 aromatic rings. The minimum absolute atomic E-state index is 0.417. The van der Waals surface area contributed by atoms with E-state index in [2.05, 4.69) is 91.0 Å². The summed E-state index contributed by atoms with van der Waals surface area (Å²) in [6.45, 7) is 0. The first-order valence-electron chi connectivity index (χ1n) is 11.9. The number of hydrogen-bond donors (Lipinski definition) is 0. The van der Waals surface area contributed by atoms with Crippen LogP contribution in [-0.2, 0) is 4.79 Å². The van der Waals surface area contributed by atoms with Gasteiger partial charge in [0.25, 0.3) is 0 Å². The van der Waals surface area contributed by atoms with E-state index in [9.17, 15) is 4.79 Å². The lowest BCUT2D eigenvalue weighted by Crippen LogP contribution is -2.35. The van der Waals surface area contributed by atoms with E-state index in [-0.39, 0.29) is 0 Å². The standard InChI is InChI=1S/C29H34OP/c30-26(17-13-16-25-14-5-1-6-15-25)24-31(27-18-7-2-8-19-27,28-20-9-3-10-21-28)29-22-11-4-12-23-29/h2-4,7-12,18-23,25H,1,5-6,13-17,24H2/q+1. The summed E-state index contributed by atoms with van der Waals surface area (Å²) in [5.41, 5.74) is 0. The summed E-state index contributed by atoms with van der Waals surface area (Å²) in [6.07, 6.45) is 10.5. The van der Waals surface area contributed by atoms with E-state index >= 15 is 0 Å². The third-order valence-corrected chi connectivity index (χ3v) is 11.2. The minimum atomic E-state index is -2.03. The molecular formula is C29H34OP+. The van der Waals surface area contributed by atoms with Crippen LogP contribution in [0.5, 0.6) is 0 Å². The van der Waals surface area contributed by atoms with Crippen LogP contribution < -0.4 is 15.9 Å². The van der Waals surface area contributed by atoms with Gasteiger partial charge >= 0.3 is 0 Å². The summed E-state index contributed by atoms with van der Waals surface area (Å²) in [5, 5.41) is 3.90. The molecule has 1 aliphatic rings. The van der Waals surface area contributed by atoms with Gasteiger partial charge in [0.05, 0.1) is 0 Å². The summed E-state index contributed by atoms with van der Waals surface area (Å²) in [6, 6.07) is 32.2. The third kappa shape index (κ3) is 5.34. The van der Waals surface area contributed by atoms with Gasteiger partial charge < -0.3 is 0 Å². The monoisotopic (exact) mass is 429 g/mol. The smallest absolute Gasteiger partial charge is 0.171 e. The molecule has 1 aliphatic carbocycles. The van der Waals surface area contributed by atoms with Crippen molar-refractivity contribution in [2.75, 3.05) is 6.16 Å². The van der Waals surface area contributed by atoms with Crippen molar-refractivity contribution in [3.63, 3.8) is 0 Å². The fourth-order valence-electron chi connectivity index (χ4n) is 5.18. The average molecular weight is 430 g/mol. The third-order valence-electron chi connectivity index (χ3n) is 6.80. The van der Waals surface area contributed by atoms with Crippen LogP contribution in [0.2, 0.25) is 0 Å². The highest BCUT2D eigenvalue weighted by Crippen LogP contribution is 2.55. The van der Waals surface area contributed by atoms with Gasteiger partial charge in [-0.25, -0.2) is 0 Å². The number of ketones is 1. The van der Waals surface area contributed by atoms with E-state index in [0.29, 0.717) is 18.4 Å². The van der Waals surface area contributed by atoms with Gasteiger partial charge in [-0.15, -0.1) is 0 Å². The molecule has 0 spiro atoms. The quantitative estimate of drug-likeness (QED) is 0.365. The number of benzene rings is 3. The summed E-state index contributed by atoms with van der Waals surface area (Å²) < 4.78 is 0. The van der Waals surface area contributed by atoms with Gasteiger partial charge in [0.1, 0.15) is 29.3 Å². The molecule has 0 N–H and O–H groups in total. The molecule has 0 heterocycles. The van der Waals surface area contributed by atoms with E-state index in [1.54, 1.807) is 0 Å². The number of hydrogen-bond acceptors (Lipinski definition) is 1. The average Bonchev–Trinajstić information content (AvgIpc) is 2.85. The number of carbonyl (C=O) groups excluding carboxylic acids is 1. The van der Waals surface area contributed by atoms with E-state index in [1.807, 2.05) is 0 Å². The molecule has 0 bridgehead atoms. The van der Waals surface area contributed by atoms with Gasteiger partial charge in [-0.2, -0.15) is 0 Å². The first kappa shape index (κ1) is 22.0. The second kappa shape index (κ2) is 10.9. The molecule has 1 saturated carbocycles. The van der Waals surface area contributed by atoms with Crippen LogP contribution >= 0.6 is 7.26 Å². The first-order chi connectivity index (χ1) is 15.3. The SMILES string of the molecule is O=C(CCCC1CCCCC1)C[P+](c1ccccc1)(c1ccccc1)c1ccccc1. The molecule has 0 saturated heterocycles. The summed E-state index contributed by atoms with van der Waals surface area (Å²) in [4.78, 5) is 13.4. The Balaban J connectivity index is 1.63. The Kier molecular flexibility index (Phi) is 7.71. The van der Waals surface area contributed by atoms with Crippen molar-refractivity contribution >= 4 is 29.0 Å². The van der Waals surface area contributed by atoms with Crippen LogP contribution in [0.3, 0.4) is 0 Å². The van der Waals surface area contributed by atoms with Crippen molar-refractivity contribution in [3.05, 3.63) is 91.0 Å². The molecule has 0 atom stereocenters. The van der Waals surface area contributed by atoms with Crippen LogP contribution in [0.4, 0.5) is 0 Å². The van der Waals surface area contributed by atoms with Gasteiger partial charge in [-0.3, -0.25) is 4.79 Å². The van der Waals surface area contributed by atoms with Gasteiger partial charge in [0.2, 0.25) is 0 Å². The van der Waals surface area contributed by atoms with E-state index in [0.717, 1.165) is 12.3 Å². The summed E-state index contributed by atoms with van der Waals surface area (Å²) in [7, 11) is -2.03. The maximum Gasteiger partial charge on any atom is 0.171 e. The van der Waals surface area contributed by atoms with Crippen molar-refractivity contribution in [1.29, 1.82) is 0 Å². The fourth-order valence-corrected chi connectivity index (χ4v) is 9.35. The Labute approximate surface area is 188 Å². The maximum absolute atomic E-state index is 13.4. The highest BCUT2D eigenvalue weighted by atomic mass is 31.2. The lowest BCUT2D eigenvalue weighted by atomic mass is 9.85. The topological polar surface area (TPSA) is 17.1 Å². The molecule has 31 heavy (non-hydrogen) atoms. The van der Waals surface area contributed by atoms with Gasteiger partial charge in [-0.05, 0) is 48.7 Å². The van der Waals surface area contributed by atoms with Gasteiger partial charge in [-0.1, -0.05) is 93.1 Å². The van der Waals surface area contributed by atoms with Crippen molar-refractivity contribution in [1.82, 2.24) is 0 Å². The summed E-state index contributed by atoms with van der Waals surface area (Å²) >= 11 is 0. The fraction of sp³-hybridized carbons (Fsp3) is 0.345. The molecule has 1 fully saturated rings. The molecular weight excluding hydrogens is 395 g/mol. The number of carbonyl (C=O) groups is 1. The maximum atomic E-state index is 13.4. The van der Waals surface area contributed by atoms with Crippen molar-refractivity contribution in [3.8, 4) is 0 Å². The molecule has 3 aromatic carbocycles. The normalized spacial score (nSPS) is 15.0. The van der Waals surface area contributed by atoms with Crippen molar-refractivity contribution in [2.24, 2.45) is 5.92 Å². The molecule has 4 rings (SSSR count). The molecule has 0 aliphatic heterocycles. The molecule has 0 aromatic heterocycles. The zero-order valence-corrected chi connectivity index (χ0v) is 19.4. The summed E-state index contributed by atoms with van der Waals surface area (Å²) in [5.74, 6) is 1.26. The Bertz CT molecular complexity index is 834. The predicted octanol–water partition coefficient (Wildman–Crippen LogP) is 6.30. The number of Topliss-reactive ketones (excluding diaryl/α,β-unsaturated/α-hetero) is 1. The zero-order valence-electron chi connectivity index (χ0n) is 18.5. The van der Waals surface area contributed by atoms with E-state index in [1.165, 1.54) is 54.4 Å². The Morgan fingerprint density at radius 3 is 1.58 bits per heavy atom. The molecule has 2 heteroatoms. The highest BCUT2D eigenvalue weighted by Gasteiger charge is 2.46. The van der Waals surface area contributed by atoms with E-state index < -0.39 is 7.26 Å². The van der Waals surface area contributed by atoms with Crippen LogP contribution in [-0.4, -0.2) is 11.9 Å². The minimum Gasteiger partial charge on any atom is -0.296 e. The lowest BCUT2D eigenvalue weighted by molar-refractivity contribution is -0.116. The second-order valence-electron chi connectivity index (χ2n) is 8.91. The van der Waals surface area contributed by atoms with Crippen molar-refractivity contribution < 1.29 is 4.79 Å². The largest absolute Gasteiger partial charge is 0.296 e. The van der Waals surface area contributed by atoms with Crippen molar-refractivity contribution in [2.45, 2.75) is 51.4 Å². The Morgan fingerprint density at radius 1 is 0.677 bits per heavy atom. The van der Waals surface area contributed by atoms with E-state index in [4.69, 9.17) is 0 Å². The van der Waals surface area contributed by atoms with Gasteiger partial charge in [0.15, 0.2) is 5.78 Å². The predicted molar refractivity (Wildman–Crippen MR) is 135 cm³/mol. The molecule has 0 amide bonds. The van der Waals surface area contributed by atoms with Crippen LogP contribution in [0.15, 0.2) is 91.0 Å². The Morgan fingerprint density at radius 2 is 1.13 bits per heavy atom. The molecule has 1 nitrogen and oxygen atoms in total. The van der Waals surface area contributed by atoms with Crippen LogP contribution in [0, 0.1) is 5.92 Å². The number of rotatable bonds is 9. The second-order valence-corrected chi connectivity index (χ2v) is 12.4. The molecule has 0 unspecified atom stereocenters. The first-order valence-corrected chi connectivity index (χ1v) is 13.8.